The van der Waals surface area contributed by atoms with Gasteiger partial charge in [0.2, 0.25) is 5.91 Å². The molecule has 0 aliphatic carbocycles. The number of rotatable bonds is 7. The molecule has 0 unspecified atom stereocenters. The van der Waals surface area contributed by atoms with E-state index in [-0.39, 0.29) is 23.9 Å². The summed E-state index contributed by atoms with van der Waals surface area (Å²) in [5.41, 5.74) is 9.77. The standard InChI is InChI=1S/C21H23N5O3S2/c1-5-29-19(28)16-9-23-20(25-18(16)22)30-10-15-11-31-21(24-15)26(14(4)27)17-8-6-7-12(2)13(17)3/h6-9,11H,5,10H2,1-4H3,(H2,22,23,25). The van der Waals surface area contributed by atoms with E-state index in [9.17, 15) is 9.59 Å². The molecule has 10 heteroatoms. The minimum atomic E-state index is -0.545. The van der Waals surface area contributed by atoms with Gasteiger partial charge in [-0.2, -0.15) is 0 Å². The molecule has 0 spiro atoms. The molecular formula is C21H23N5O3S2. The summed E-state index contributed by atoms with van der Waals surface area (Å²) in [5, 5.41) is 2.94. The van der Waals surface area contributed by atoms with Crippen LogP contribution in [0.1, 0.15) is 41.0 Å². The molecule has 0 bridgehead atoms. The summed E-state index contributed by atoms with van der Waals surface area (Å²) in [6.07, 6.45) is 1.37. The Kier molecular flexibility index (Phi) is 7.24. The van der Waals surface area contributed by atoms with Crippen LogP contribution in [0.5, 0.6) is 0 Å². The topological polar surface area (TPSA) is 111 Å². The molecule has 0 saturated carbocycles. The maximum Gasteiger partial charge on any atom is 0.343 e. The predicted octanol–water partition coefficient (Wildman–Crippen LogP) is 4.29. The summed E-state index contributed by atoms with van der Waals surface area (Å²) in [4.78, 5) is 38.8. The first-order valence-electron chi connectivity index (χ1n) is 9.55. The van der Waals surface area contributed by atoms with Gasteiger partial charge in [0.1, 0.15) is 11.4 Å². The molecule has 3 rings (SSSR count). The van der Waals surface area contributed by atoms with Gasteiger partial charge in [0.25, 0.3) is 0 Å². The molecule has 0 saturated heterocycles. The number of carbonyl (C=O) groups is 2. The van der Waals surface area contributed by atoms with Crippen LogP contribution in [0, 0.1) is 13.8 Å². The first kappa shape index (κ1) is 22.7. The van der Waals surface area contributed by atoms with E-state index in [0.29, 0.717) is 16.0 Å². The molecule has 0 aliphatic heterocycles. The summed E-state index contributed by atoms with van der Waals surface area (Å²) >= 11 is 2.74. The normalized spacial score (nSPS) is 10.7. The Labute approximate surface area is 188 Å². The summed E-state index contributed by atoms with van der Waals surface area (Å²) in [6.45, 7) is 7.50. The number of aryl methyl sites for hydroxylation is 1. The number of amides is 1. The minimum absolute atomic E-state index is 0.0765. The van der Waals surface area contributed by atoms with Crippen LogP contribution < -0.4 is 10.6 Å². The van der Waals surface area contributed by atoms with Gasteiger partial charge in [-0.25, -0.2) is 19.7 Å². The predicted molar refractivity (Wildman–Crippen MR) is 123 cm³/mol. The number of aromatic nitrogens is 3. The van der Waals surface area contributed by atoms with Crippen molar-refractivity contribution in [2.24, 2.45) is 0 Å². The van der Waals surface area contributed by atoms with Gasteiger partial charge >= 0.3 is 5.97 Å². The lowest BCUT2D eigenvalue weighted by atomic mass is 10.1. The van der Waals surface area contributed by atoms with Gasteiger partial charge in [-0.3, -0.25) is 9.69 Å². The van der Waals surface area contributed by atoms with E-state index in [1.165, 1.54) is 36.2 Å². The molecule has 2 heterocycles. The maximum atomic E-state index is 12.4. The second-order valence-electron chi connectivity index (χ2n) is 6.66. The van der Waals surface area contributed by atoms with E-state index < -0.39 is 5.97 Å². The first-order valence-corrected chi connectivity index (χ1v) is 11.4. The lowest BCUT2D eigenvalue weighted by Gasteiger charge is -2.21. The molecule has 162 valence electrons. The molecule has 2 N–H and O–H groups in total. The number of anilines is 3. The van der Waals surface area contributed by atoms with E-state index >= 15 is 0 Å². The number of nitrogen functional groups attached to an aromatic ring is 1. The van der Waals surface area contributed by atoms with Crippen molar-refractivity contribution in [1.29, 1.82) is 0 Å². The van der Waals surface area contributed by atoms with Gasteiger partial charge < -0.3 is 10.5 Å². The number of nitrogens with zero attached hydrogens (tertiary/aromatic N) is 4. The minimum Gasteiger partial charge on any atom is -0.462 e. The number of carbonyl (C=O) groups excluding carboxylic acids is 2. The van der Waals surface area contributed by atoms with Crippen molar-refractivity contribution in [3.63, 3.8) is 0 Å². The van der Waals surface area contributed by atoms with Crippen molar-refractivity contribution < 1.29 is 14.3 Å². The second kappa shape index (κ2) is 9.88. The van der Waals surface area contributed by atoms with Gasteiger partial charge in [0.05, 0.1) is 18.0 Å². The van der Waals surface area contributed by atoms with Crippen LogP contribution >= 0.6 is 23.1 Å². The van der Waals surface area contributed by atoms with Crippen molar-refractivity contribution in [3.8, 4) is 0 Å². The summed E-state index contributed by atoms with van der Waals surface area (Å²) in [7, 11) is 0. The Bertz CT molecular complexity index is 1120. The van der Waals surface area contributed by atoms with Gasteiger partial charge in [-0.05, 0) is 38.0 Å². The molecule has 0 aliphatic rings. The smallest absolute Gasteiger partial charge is 0.343 e. The van der Waals surface area contributed by atoms with Gasteiger partial charge in [-0.1, -0.05) is 23.9 Å². The Hall–Kier alpha value is -2.98. The highest BCUT2D eigenvalue weighted by Gasteiger charge is 2.20. The number of hydrogen-bond donors (Lipinski definition) is 1. The van der Waals surface area contributed by atoms with Gasteiger partial charge in [0, 0.05) is 24.3 Å². The summed E-state index contributed by atoms with van der Waals surface area (Å²) < 4.78 is 4.93. The van der Waals surface area contributed by atoms with Crippen molar-refractivity contribution >= 4 is 51.6 Å². The third-order valence-electron chi connectivity index (χ3n) is 4.50. The number of thiazole rings is 1. The van der Waals surface area contributed by atoms with Crippen LogP contribution in [0.25, 0.3) is 0 Å². The Balaban J connectivity index is 1.75. The second-order valence-corrected chi connectivity index (χ2v) is 8.43. The van der Waals surface area contributed by atoms with E-state index in [1.54, 1.807) is 11.8 Å². The fourth-order valence-corrected chi connectivity index (χ4v) is 4.50. The lowest BCUT2D eigenvalue weighted by Crippen LogP contribution is -2.23. The van der Waals surface area contributed by atoms with E-state index in [2.05, 4.69) is 15.0 Å². The highest BCUT2D eigenvalue weighted by Crippen LogP contribution is 2.33. The lowest BCUT2D eigenvalue weighted by molar-refractivity contribution is -0.115. The molecule has 0 fully saturated rings. The molecule has 1 aromatic carbocycles. The average Bonchev–Trinajstić information content (AvgIpc) is 3.18. The van der Waals surface area contributed by atoms with Crippen molar-refractivity contribution in [1.82, 2.24) is 15.0 Å². The number of esters is 1. The zero-order valence-electron chi connectivity index (χ0n) is 17.7. The van der Waals surface area contributed by atoms with Crippen LogP contribution in [-0.2, 0) is 15.3 Å². The Morgan fingerprint density at radius 1 is 1.26 bits per heavy atom. The number of thioether (sulfide) groups is 1. The monoisotopic (exact) mass is 457 g/mol. The molecule has 2 aromatic heterocycles. The quantitative estimate of drug-likeness (QED) is 0.318. The number of ether oxygens (including phenoxy) is 1. The molecule has 31 heavy (non-hydrogen) atoms. The zero-order valence-corrected chi connectivity index (χ0v) is 19.3. The van der Waals surface area contributed by atoms with Crippen LogP contribution in [0.15, 0.2) is 34.9 Å². The van der Waals surface area contributed by atoms with Crippen LogP contribution in [0.3, 0.4) is 0 Å². The molecule has 0 atom stereocenters. The number of nitrogens with two attached hydrogens (primary N) is 1. The molecule has 0 radical (unpaired) electrons. The molecule has 1 amide bonds. The Morgan fingerprint density at radius 3 is 2.71 bits per heavy atom. The highest BCUT2D eigenvalue weighted by atomic mass is 32.2. The summed E-state index contributed by atoms with van der Waals surface area (Å²) in [6, 6.07) is 5.86. The van der Waals surface area contributed by atoms with Crippen LogP contribution in [0.4, 0.5) is 16.6 Å². The SMILES string of the molecule is CCOC(=O)c1cnc(SCc2csc(N(C(C)=O)c3cccc(C)c3C)n2)nc1N. The third-order valence-corrected chi connectivity index (χ3v) is 6.27. The highest BCUT2D eigenvalue weighted by molar-refractivity contribution is 7.98. The van der Waals surface area contributed by atoms with E-state index in [4.69, 9.17) is 10.5 Å². The molecule has 8 nitrogen and oxygen atoms in total. The van der Waals surface area contributed by atoms with E-state index in [0.717, 1.165) is 22.5 Å². The summed E-state index contributed by atoms with van der Waals surface area (Å²) in [5.74, 6) is -0.0790. The van der Waals surface area contributed by atoms with Gasteiger partial charge in [-0.15, -0.1) is 11.3 Å². The number of hydrogen-bond acceptors (Lipinski definition) is 9. The Morgan fingerprint density at radius 2 is 2.03 bits per heavy atom. The number of benzene rings is 1. The average molecular weight is 458 g/mol. The van der Waals surface area contributed by atoms with Crippen molar-refractivity contribution in [3.05, 3.63) is 52.2 Å². The fraction of sp³-hybridized carbons (Fsp3) is 0.286. The molecular weight excluding hydrogens is 434 g/mol. The third kappa shape index (κ3) is 5.20. The zero-order chi connectivity index (χ0) is 22.5. The van der Waals surface area contributed by atoms with Crippen LogP contribution in [-0.4, -0.2) is 33.4 Å². The largest absolute Gasteiger partial charge is 0.462 e. The molecule has 3 aromatic rings. The fourth-order valence-electron chi connectivity index (χ4n) is 2.80. The van der Waals surface area contributed by atoms with Crippen LogP contribution in [0.2, 0.25) is 0 Å². The van der Waals surface area contributed by atoms with E-state index in [1.807, 2.05) is 37.4 Å². The van der Waals surface area contributed by atoms with Crippen molar-refractivity contribution in [2.75, 3.05) is 17.2 Å². The van der Waals surface area contributed by atoms with Crippen molar-refractivity contribution in [2.45, 2.75) is 38.6 Å². The van der Waals surface area contributed by atoms with Gasteiger partial charge in [0.15, 0.2) is 10.3 Å². The maximum absolute atomic E-state index is 12.4. The first-order chi connectivity index (χ1) is 14.8.